The topological polar surface area (TPSA) is 181 Å². The fraction of sp³-hybridized carbons (Fsp3) is 0.194. The zero-order chi connectivity index (χ0) is 34.8. The smallest absolute Gasteiger partial charge is 0.290 e. The van der Waals surface area contributed by atoms with E-state index in [1.165, 1.54) is 18.2 Å². The largest absolute Gasteiger partial charge is 0.483 e. The van der Waals surface area contributed by atoms with E-state index in [1.807, 2.05) is 42.5 Å². The molecular formula is C36H31FN6O6. The lowest BCUT2D eigenvalue weighted by atomic mass is 9.91. The Morgan fingerprint density at radius 3 is 2.41 bits per heavy atom. The van der Waals surface area contributed by atoms with Gasteiger partial charge in [0.25, 0.3) is 12.4 Å². The number of nitrogens with one attached hydrogen (secondary N) is 2. The van der Waals surface area contributed by atoms with E-state index in [4.69, 9.17) is 29.6 Å². The fourth-order valence-corrected chi connectivity index (χ4v) is 5.70. The molecular weight excluding hydrogens is 631 g/mol. The number of hydrogen-bond donors (Lipinski definition) is 4. The molecule has 1 amide bonds. The number of hydrogen-bond acceptors (Lipinski definition) is 10. The van der Waals surface area contributed by atoms with E-state index in [9.17, 15) is 19.7 Å². The molecule has 0 spiro atoms. The maximum atomic E-state index is 14.9. The number of ether oxygens (including phenoxy) is 2. The van der Waals surface area contributed by atoms with E-state index in [-0.39, 0.29) is 24.9 Å². The van der Waals surface area contributed by atoms with Crippen molar-refractivity contribution in [2.45, 2.75) is 25.4 Å². The zero-order valence-corrected chi connectivity index (χ0v) is 26.1. The number of fused-ring (bicyclic) bond motifs is 1. The van der Waals surface area contributed by atoms with Crippen LogP contribution >= 0.6 is 0 Å². The van der Waals surface area contributed by atoms with Crippen LogP contribution in [0.15, 0.2) is 72.9 Å². The van der Waals surface area contributed by atoms with Crippen molar-refractivity contribution in [3.8, 4) is 45.9 Å². The number of piperidine rings is 1. The summed E-state index contributed by atoms with van der Waals surface area (Å²) in [6, 6.07) is 22.1. The van der Waals surface area contributed by atoms with Crippen LogP contribution in [0.1, 0.15) is 35.1 Å². The van der Waals surface area contributed by atoms with Gasteiger partial charge in [-0.15, -0.1) is 0 Å². The number of amides is 1. The third-order valence-electron chi connectivity index (χ3n) is 8.14. The van der Waals surface area contributed by atoms with Gasteiger partial charge >= 0.3 is 0 Å². The molecule has 0 radical (unpaired) electrons. The number of rotatable bonds is 8. The van der Waals surface area contributed by atoms with Gasteiger partial charge in [0.2, 0.25) is 6.79 Å². The van der Waals surface area contributed by atoms with Gasteiger partial charge in [-0.3, -0.25) is 14.8 Å². The first-order valence-corrected chi connectivity index (χ1v) is 15.2. The van der Waals surface area contributed by atoms with Crippen LogP contribution in [0.5, 0.6) is 11.5 Å². The van der Waals surface area contributed by atoms with Gasteiger partial charge in [0.1, 0.15) is 29.3 Å². The van der Waals surface area contributed by atoms with E-state index >= 15 is 0 Å². The molecule has 3 aromatic carbocycles. The second-order valence-electron chi connectivity index (χ2n) is 11.0. The highest BCUT2D eigenvalue weighted by atomic mass is 19.1. The van der Waals surface area contributed by atoms with Crippen molar-refractivity contribution in [2.75, 3.05) is 24.8 Å². The molecule has 2 aliphatic rings. The number of nitriles is 2. The maximum Gasteiger partial charge on any atom is 0.290 e. The molecule has 0 aliphatic carbocycles. The van der Waals surface area contributed by atoms with Crippen LogP contribution in [0.25, 0.3) is 28.3 Å². The number of carbonyl (C=O) groups is 2. The summed E-state index contributed by atoms with van der Waals surface area (Å²) in [4.78, 5) is 26.4. The first-order chi connectivity index (χ1) is 23.9. The van der Waals surface area contributed by atoms with Crippen molar-refractivity contribution in [3.05, 3.63) is 101 Å². The number of anilines is 1. The third kappa shape index (κ3) is 8.00. The summed E-state index contributed by atoms with van der Waals surface area (Å²) in [6.07, 6.45) is 6.23. The predicted octanol–water partition coefficient (Wildman–Crippen LogP) is 5.00. The molecule has 4 aromatic rings. The molecule has 0 unspecified atom stereocenters. The van der Waals surface area contributed by atoms with Crippen molar-refractivity contribution in [2.24, 2.45) is 0 Å². The molecule has 6 rings (SSSR count). The maximum absolute atomic E-state index is 14.9. The number of aromatic nitrogens is 1. The lowest BCUT2D eigenvalue weighted by Gasteiger charge is -2.34. The van der Waals surface area contributed by atoms with E-state index in [0.717, 1.165) is 29.5 Å². The Hall–Kier alpha value is -6.28. The molecule has 1 saturated heterocycles. The van der Waals surface area contributed by atoms with Crippen molar-refractivity contribution in [3.63, 3.8) is 0 Å². The van der Waals surface area contributed by atoms with Crippen molar-refractivity contribution in [1.82, 2.24) is 15.8 Å². The minimum Gasteiger partial charge on any atom is -0.483 e. The highest BCUT2D eigenvalue weighted by Crippen LogP contribution is 2.42. The molecule has 1 fully saturated rings. The van der Waals surface area contributed by atoms with Crippen molar-refractivity contribution in [1.29, 1.82) is 10.5 Å². The van der Waals surface area contributed by atoms with Gasteiger partial charge in [0.15, 0.2) is 11.5 Å². The number of pyridine rings is 1. The Kier molecular flexibility index (Phi) is 11.1. The summed E-state index contributed by atoms with van der Waals surface area (Å²) < 4.78 is 25.9. The van der Waals surface area contributed by atoms with Gasteiger partial charge < -0.3 is 24.8 Å². The molecule has 49 heavy (non-hydrogen) atoms. The number of hydroxylamine groups is 1. The van der Waals surface area contributed by atoms with E-state index in [1.54, 1.807) is 29.9 Å². The minimum absolute atomic E-state index is 0.0735. The van der Waals surface area contributed by atoms with Gasteiger partial charge in [-0.2, -0.15) is 10.5 Å². The number of carbonyl (C=O) groups excluding carboxylic acids is 1. The summed E-state index contributed by atoms with van der Waals surface area (Å²) in [5.41, 5.74) is 6.14. The van der Waals surface area contributed by atoms with Gasteiger partial charge in [0.05, 0.1) is 5.56 Å². The highest BCUT2D eigenvalue weighted by molar-refractivity contribution is 5.91. The van der Waals surface area contributed by atoms with Crippen LogP contribution in [0.3, 0.4) is 0 Å². The quantitative estimate of drug-likeness (QED) is 0.0862. The van der Waals surface area contributed by atoms with Crippen LogP contribution in [0, 0.1) is 28.5 Å². The lowest BCUT2D eigenvalue weighted by molar-refractivity contribution is -0.124. The molecule has 0 atom stereocenters. The molecule has 248 valence electrons. The average molecular weight is 663 g/mol. The minimum atomic E-state index is -0.661. The molecule has 0 bridgehead atoms. The fourth-order valence-electron chi connectivity index (χ4n) is 5.70. The Morgan fingerprint density at radius 1 is 1.02 bits per heavy atom. The molecule has 12 nitrogen and oxygen atoms in total. The Morgan fingerprint density at radius 2 is 1.73 bits per heavy atom. The Bertz CT molecular complexity index is 1950. The summed E-state index contributed by atoms with van der Waals surface area (Å²) in [6.45, 7) is 1.88. The van der Waals surface area contributed by atoms with Crippen LogP contribution in [-0.4, -0.2) is 53.6 Å². The van der Waals surface area contributed by atoms with Gasteiger partial charge in [0, 0.05) is 49.1 Å². The first kappa shape index (κ1) is 34.1. The highest BCUT2D eigenvalue weighted by Gasteiger charge is 2.26. The molecule has 2 aliphatic heterocycles. The molecule has 13 heteroatoms. The Labute approximate surface area is 281 Å². The van der Waals surface area contributed by atoms with E-state index in [0.29, 0.717) is 59.2 Å². The second-order valence-corrected chi connectivity index (χ2v) is 11.0. The predicted molar refractivity (Wildman–Crippen MR) is 177 cm³/mol. The summed E-state index contributed by atoms with van der Waals surface area (Å²) in [5, 5.41) is 38.9. The summed E-state index contributed by atoms with van der Waals surface area (Å²) >= 11 is 0. The van der Waals surface area contributed by atoms with Gasteiger partial charge in [-0.1, -0.05) is 36.4 Å². The lowest BCUT2D eigenvalue weighted by Crippen LogP contribution is -2.42. The van der Waals surface area contributed by atoms with Crippen LogP contribution in [0.2, 0.25) is 0 Å². The number of carboxylic acid groups (broad SMARTS) is 1. The van der Waals surface area contributed by atoms with Gasteiger partial charge in [-0.05, 0) is 65.4 Å². The monoisotopic (exact) mass is 662 g/mol. The zero-order valence-electron chi connectivity index (χ0n) is 26.1. The second kappa shape index (κ2) is 16.0. The summed E-state index contributed by atoms with van der Waals surface area (Å²) in [7, 11) is 0. The van der Waals surface area contributed by atoms with E-state index < -0.39 is 11.7 Å². The van der Waals surface area contributed by atoms with E-state index in [2.05, 4.69) is 16.3 Å². The number of halogens is 1. The third-order valence-corrected chi connectivity index (χ3v) is 8.14. The molecule has 1 aromatic heterocycles. The average Bonchev–Trinajstić information content (AvgIpc) is 3.61. The SMILES string of the molecule is N#Cc1ccc(-c2c(-c3ccc4c(c3)OCO4)cnc(N3CCC(NCc4ccc(/C=C/C(=O)NO)cc4)CC3)c2C#N)cc1F.O=CO. The van der Waals surface area contributed by atoms with Gasteiger partial charge in [-0.25, -0.2) is 14.9 Å². The van der Waals surface area contributed by atoms with Crippen LogP contribution in [0.4, 0.5) is 10.2 Å². The number of nitrogens with zero attached hydrogens (tertiary/aromatic N) is 4. The normalized spacial score (nSPS) is 13.6. The van der Waals surface area contributed by atoms with Crippen LogP contribution in [-0.2, 0) is 16.1 Å². The first-order valence-electron chi connectivity index (χ1n) is 15.2. The standard InChI is InChI=1S/C35H29FN6O4.CH2O2/c36-30-15-25(6-7-26(30)17-37)34-28(18-38)35(40-20-29(34)24-8-9-31-32(16-24)46-21-45-31)42-13-11-27(12-14-42)39-19-23-3-1-22(2-4-23)5-10-33(43)41-44;2-1-3/h1-10,15-16,20,27,39,44H,11-14,19,21H2,(H,41,43);1H,(H,2,3)/b10-5+;. The number of benzene rings is 3. The van der Waals surface area contributed by atoms with Crippen molar-refractivity contribution < 1.29 is 33.8 Å². The van der Waals surface area contributed by atoms with Crippen LogP contribution < -0.4 is 25.2 Å². The molecule has 0 saturated carbocycles. The molecule has 3 heterocycles. The Balaban J connectivity index is 0.00000151. The van der Waals surface area contributed by atoms with Crippen molar-refractivity contribution >= 4 is 24.3 Å². The molecule has 4 N–H and O–H groups in total. The summed E-state index contributed by atoms with van der Waals surface area (Å²) in [5.74, 6) is 0.477.